The van der Waals surface area contributed by atoms with Crippen LogP contribution in [0.1, 0.15) is 6.92 Å². The van der Waals surface area contributed by atoms with Gasteiger partial charge in [-0.1, -0.05) is 6.58 Å². The summed E-state index contributed by atoms with van der Waals surface area (Å²) >= 11 is 0. The molecule has 0 aromatic heterocycles. The number of rotatable bonds is 3. The standard InChI is InChI=1S/C6H9NO4/c1-4(2)5(7(9)10)6(8)11-3/h8H,1H2,2-3H3. The molecule has 0 bridgehead atoms. The molecule has 0 spiro atoms. The molecule has 5 heteroatoms. The second kappa shape index (κ2) is 3.60. The first-order chi connectivity index (χ1) is 5.00. The third-order valence-electron chi connectivity index (χ3n) is 0.983. The van der Waals surface area contributed by atoms with E-state index in [0.29, 0.717) is 0 Å². The molecule has 0 radical (unpaired) electrons. The van der Waals surface area contributed by atoms with Gasteiger partial charge in [0.05, 0.1) is 12.0 Å². The first-order valence-electron chi connectivity index (χ1n) is 2.78. The summed E-state index contributed by atoms with van der Waals surface area (Å²) in [4.78, 5) is 9.44. The molecule has 0 atom stereocenters. The van der Waals surface area contributed by atoms with Gasteiger partial charge in [-0.25, -0.2) is 0 Å². The maximum Gasteiger partial charge on any atom is 0.358 e. The average molecular weight is 159 g/mol. The van der Waals surface area contributed by atoms with Gasteiger partial charge in [-0.15, -0.1) is 0 Å². The lowest BCUT2D eigenvalue weighted by Crippen LogP contribution is -2.05. The Kier molecular flexibility index (Phi) is 3.10. The van der Waals surface area contributed by atoms with Crippen molar-refractivity contribution in [3.05, 3.63) is 33.9 Å². The highest BCUT2D eigenvalue weighted by molar-refractivity contribution is 5.19. The van der Waals surface area contributed by atoms with E-state index in [0.717, 1.165) is 7.11 Å². The number of aliphatic hydroxyl groups excluding tert-OH is 1. The quantitative estimate of drug-likeness (QED) is 0.291. The largest absolute Gasteiger partial charge is 0.476 e. The van der Waals surface area contributed by atoms with Crippen LogP contribution in [0.25, 0.3) is 0 Å². The Hall–Kier alpha value is -1.52. The fraction of sp³-hybridized carbons (Fsp3) is 0.333. The molecule has 0 amide bonds. The highest BCUT2D eigenvalue weighted by Crippen LogP contribution is 2.11. The molecular weight excluding hydrogens is 150 g/mol. The SMILES string of the molecule is C=C(C)C(=C(O)OC)[N+](=O)[O-]. The van der Waals surface area contributed by atoms with Gasteiger partial charge >= 0.3 is 11.6 Å². The number of allylic oxidation sites excluding steroid dienone is 1. The van der Waals surface area contributed by atoms with Gasteiger partial charge in [-0.3, -0.25) is 10.1 Å². The van der Waals surface area contributed by atoms with Crippen molar-refractivity contribution in [3.8, 4) is 0 Å². The minimum Gasteiger partial charge on any atom is -0.476 e. The summed E-state index contributed by atoms with van der Waals surface area (Å²) in [6.45, 7) is 4.72. The van der Waals surface area contributed by atoms with Crippen LogP contribution in [0.15, 0.2) is 23.8 Å². The Morgan fingerprint density at radius 2 is 2.18 bits per heavy atom. The molecule has 0 aromatic rings. The summed E-state index contributed by atoms with van der Waals surface area (Å²) in [7, 11) is 1.14. The van der Waals surface area contributed by atoms with Crippen LogP contribution in [0, 0.1) is 10.1 Å². The molecule has 0 unspecified atom stereocenters. The van der Waals surface area contributed by atoms with Crippen molar-refractivity contribution >= 4 is 0 Å². The molecule has 0 aliphatic heterocycles. The predicted octanol–water partition coefficient (Wildman–Crippen LogP) is 1.21. The minimum absolute atomic E-state index is 0.148. The molecule has 0 fully saturated rings. The lowest BCUT2D eigenvalue weighted by molar-refractivity contribution is -0.426. The third kappa shape index (κ3) is 2.29. The summed E-state index contributed by atoms with van der Waals surface area (Å²) in [5.74, 6) is -0.720. The zero-order valence-corrected chi connectivity index (χ0v) is 6.33. The number of nitro groups is 1. The van der Waals surface area contributed by atoms with Crippen LogP contribution in [0.2, 0.25) is 0 Å². The minimum atomic E-state index is -0.749. The smallest absolute Gasteiger partial charge is 0.358 e. The Bertz CT molecular complexity index is 203. The van der Waals surface area contributed by atoms with E-state index in [9.17, 15) is 10.1 Å². The maximum atomic E-state index is 10.2. The second-order valence-electron chi connectivity index (χ2n) is 1.90. The van der Waals surface area contributed by atoms with Gasteiger partial charge in [0, 0.05) is 5.57 Å². The summed E-state index contributed by atoms with van der Waals surface area (Å²) in [5, 5.41) is 19.0. The van der Waals surface area contributed by atoms with Gasteiger partial charge in [0.2, 0.25) is 0 Å². The van der Waals surface area contributed by atoms with Crippen molar-refractivity contribution in [1.29, 1.82) is 0 Å². The Morgan fingerprint density at radius 1 is 1.73 bits per heavy atom. The first kappa shape index (κ1) is 9.48. The van der Waals surface area contributed by atoms with E-state index in [-0.39, 0.29) is 5.57 Å². The van der Waals surface area contributed by atoms with E-state index < -0.39 is 16.6 Å². The molecule has 0 aliphatic rings. The number of hydrogen-bond donors (Lipinski definition) is 1. The van der Waals surface area contributed by atoms with E-state index in [2.05, 4.69) is 11.3 Å². The molecule has 0 saturated carbocycles. The first-order valence-corrected chi connectivity index (χ1v) is 2.78. The Balaban J connectivity index is 4.88. The van der Waals surface area contributed by atoms with Crippen molar-refractivity contribution < 1.29 is 14.8 Å². The fourth-order valence-electron chi connectivity index (χ4n) is 0.513. The van der Waals surface area contributed by atoms with Crippen molar-refractivity contribution in [2.75, 3.05) is 7.11 Å². The molecule has 62 valence electrons. The Morgan fingerprint density at radius 3 is 2.27 bits per heavy atom. The highest BCUT2D eigenvalue weighted by atomic mass is 16.6. The molecule has 11 heavy (non-hydrogen) atoms. The lowest BCUT2D eigenvalue weighted by atomic mass is 10.3. The van der Waals surface area contributed by atoms with E-state index in [1.54, 1.807) is 0 Å². The number of ether oxygens (including phenoxy) is 1. The van der Waals surface area contributed by atoms with Gasteiger partial charge in [-0.05, 0) is 6.92 Å². The molecule has 0 rings (SSSR count). The molecule has 0 aliphatic carbocycles. The zero-order chi connectivity index (χ0) is 9.02. The van der Waals surface area contributed by atoms with Gasteiger partial charge in [0.25, 0.3) is 0 Å². The lowest BCUT2D eigenvalue weighted by Gasteiger charge is -1.99. The van der Waals surface area contributed by atoms with E-state index in [1.807, 2.05) is 0 Å². The number of nitrogens with zero attached hydrogens (tertiary/aromatic N) is 1. The molecule has 5 nitrogen and oxygen atoms in total. The van der Waals surface area contributed by atoms with Crippen LogP contribution in [0.5, 0.6) is 0 Å². The summed E-state index contributed by atoms with van der Waals surface area (Å²) < 4.78 is 4.27. The van der Waals surface area contributed by atoms with Crippen LogP contribution in [0.3, 0.4) is 0 Å². The van der Waals surface area contributed by atoms with Crippen LogP contribution in [-0.4, -0.2) is 17.1 Å². The maximum absolute atomic E-state index is 10.2. The summed E-state index contributed by atoms with van der Waals surface area (Å²) in [5.41, 5.74) is -0.346. The van der Waals surface area contributed by atoms with Crippen molar-refractivity contribution in [2.24, 2.45) is 0 Å². The van der Waals surface area contributed by atoms with Crippen molar-refractivity contribution in [1.82, 2.24) is 0 Å². The molecule has 0 saturated heterocycles. The second-order valence-corrected chi connectivity index (χ2v) is 1.90. The zero-order valence-electron chi connectivity index (χ0n) is 6.33. The normalized spacial score (nSPS) is 11.8. The van der Waals surface area contributed by atoms with Gasteiger partial charge in [0.15, 0.2) is 0 Å². The molecule has 0 heterocycles. The van der Waals surface area contributed by atoms with Crippen LogP contribution in [-0.2, 0) is 4.74 Å². The molecule has 1 N–H and O–H groups in total. The number of methoxy groups -OCH3 is 1. The average Bonchev–Trinajstić information content (AvgIpc) is 1.85. The van der Waals surface area contributed by atoms with Crippen LogP contribution < -0.4 is 0 Å². The van der Waals surface area contributed by atoms with E-state index >= 15 is 0 Å². The van der Waals surface area contributed by atoms with Crippen molar-refractivity contribution in [2.45, 2.75) is 6.92 Å². The van der Waals surface area contributed by atoms with E-state index in [4.69, 9.17) is 5.11 Å². The number of hydrogen-bond acceptors (Lipinski definition) is 4. The van der Waals surface area contributed by atoms with Gasteiger partial charge < -0.3 is 9.84 Å². The predicted molar refractivity (Wildman–Crippen MR) is 38.5 cm³/mol. The van der Waals surface area contributed by atoms with Crippen LogP contribution in [0.4, 0.5) is 0 Å². The van der Waals surface area contributed by atoms with E-state index in [1.165, 1.54) is 6.92 Å². The van der Waals surface area contributed by atoms with Crippen molar-refractivity contribution in [3.63, 3.8) is 0 Å². The monoisotopic (exact) mass is 159 g/mol. The topological polar surface area (TPSA) is 72.6 Å². The summed E-state index contributed by atoms with van der Waals surface area (Å²) in [6, 6.07) is 0. The number of aliphatic hydroxyl groups is 1. The summed E-state index contributed by atoms with van der Waals surface area (Å²) in [6.07, 6.45) is 0. The molecular formula is C6H9NO4. The third-order valence-corrected chi connectivity index (χ3v) is 0.983. The highest BCUT2D eigenvalue weighted by Gasteiger charge is 2.19. The van der Waals surface area contributed by atoms with Gasteiger partial charge in [-0.2, -0.15) is 0 Å². The Labute approximate surface area is 63.7 Å². The fourth-order valence-corrected chi connectivity index (χ4v) is 0.513. The van der Waals surface area contributed by atoms with Crippen LogP contribution >= 0.6 is 0 Å². The van der Waals surface area contributed by atoms with Gasteiger partial charge in [0.1, 0.15) is 0 Å². The molecule has 0 aromatic carbocycles.